The number of aromatic nitrogens is 1. The lowest BCUT2D eigenvalue weighted by Crippen LogP contribution is -2.38. The molecule has 0 saturated carbocycles. The standard InChI is InChI=1S/C10H14ClN3O2/c11-5-9(15)14-7-10(16)13-4-2-8-1-3-12-6-8/h1,3,6,12H,2,4-5,7H2,(H,13,16)(H,14,15). The van der Waals surface area contributed by atoms with Gasteiger partial charge in [-0.1, -0.05) is 0 Å². The molecule has 3 N–H and O–H groups in total. The van der Waals surface area contributed by atoms with Crippen LogP contribution >= 0.6 is 11.6 Å². The maximum Gasteiger partial charge on any atom is 0.239 e. The molecule has 1 aromatic rings. The van der Waals surface area contributed by atoms with Crippen molar-refractivity contribution < 1.29 is 9.59 Å². The fourth-order valence-electron chi connectivity index (χ4n) is 1.15. The Bertz CT molecular complexity index is 338. The third-order valence-corrected chi connectivity index (χ3v) is 2.21. The molecule has 0 aromatic carbocycles. The molecule has 1 heterocycles. The lowest BCUT2D eigenvalue weighted by Gasteiger charge is -2.04. The molecule has 0 aliphatic heterocycles. The Hall–Kier alpha value is -1.49. The summed E-state index contributed by atoms with van der Waals surface area (Å²) >= 11 is 5.26. The van der Waals surface area contributed by atoms with E-state index in [4.69, 9.17) is 11.6 Å². The number of halogens is 1. The van der Waals surface area contributed by atoms with E-state index in [1.54, 1.807) is 0 Å². The highest BCUT2D eigenvalue weighted by molar-refractivity contribution is 6.27. The number of hydrogen-bond acceptors (Lipinski definition) is 2. The zero-order valence-electron chi connectivity index (χ0n) is 8.75. The second-order valence-electron chi connectivity index (χ2n) is 3.23. The Kier molecular flexibility index (Phi) is 5.42. The van der Waals surface area contributed by atoms with Crippen molar-refractivity contribution in [3.63, 3.8) is 0 Å². The van der Waals surface area contributed by atoms with Crippen LogP contribution in [0.1, 0.15) is 5.56 Å². The van der Waals surface area contributed by atoms with E-state index in [2.05, 4.69) is 15.6 Å². The number of nitrogens with one attached hydrogen (secondary N) is 3. The number of rotatable bonds is 6. The van der Waals surface area contributed by atoms with Crippen LogP contribution in [0.2, 0.25) is 0 Å². The topological polar surface area (TPSA) is 74.0 Å². The molecular formula is C10H14ClN3O2. The molecule has 0 aliphatic carbocycles. The van der Waals surface area contributed by atoms with Gasteiger partial charge in [-0.25, -0.2) is 0 Å². The van der Waals surface area contributed by atoms with Gasteiger partial charge in [-0.3, -0.25) is 9.59 Å². The molecule has 0 atom stereocenters. The van der Waals surface area contributed by atoms with Gasteiger partial charge in [0.25, 0.3) is 0 Å². The van der Waals surface area contributed by atoms with Gasteiger partial charge in [-0.15, -0.1) is 11.6 Å². The van der Waals surface area contributed by atoms with Crippen LogP contribution in [0.25, 0.3) is 0 Å². The molecule has 0 fully saturated rings. The van der Waals surface area contributed by atoms with Crippen molar-refractivity contribution in [1.82, 2.24) is 15.6 Å². The molecule has 16 heavy (non-hydrogen) atoms. The second-order valence-corrected chi connectivity index (χ2v) is 3.50. The predicted octanol–water partition coefficient (Wildman–Crippen LogP) is 0.0284. The normalized spacial score (nSPS) is 9.81. The molecule has 0 spiro atoms. The first-order valence-corrected chi connectivity index (χ1v) is 5.47. The van der Waals surface area contributed by atoms with E-state index in [9.17, 15) is 9.59 Å². The summed E-state index contributed by atoms with van der Waals surface area (Å²) in [5.41, 5.74) is 1.13. The van der Waals surface area contributed by atoms with Crippen molar-refractivity contribution in [3.05, 3.63) is 24.0 Å². The van der Waals surface area contributed by atoms with Crippen LogP contribution in [0.5, 0.6) is 0 Å². The third-order valence-electron chi connectivity index (χ3n) is 1.97. The third kappa shape index (κ3) is 4.84. The molecule has 2 amide bonds. The fraction of sp³-hybridized carbons (Fsp3) is 0.400. The molecule has 88 valence electrons. The summed E-state index contributed by atoms with van der Waals surface area (Å²) in [6.07, 6.45) is 4.47. The molecule has 0 aliphatic rings. The minimum atomic E-state index is -0.345. The first-order chi connectivity index (χ1) is 7.72. The first kappa shape index (κ1) is 12.6. The molecule has 1 rings (SSSR count). The summed E-state index contributed by atoms with van der Waals surface area (Å²) in [6.45, 7) is 0.520. The van der Waals surface area contributed by atoms with Gasteiger partial charge in [-0.2, -0.15) is 0 Å². The monoisotopic (exact) mass is 243 g/mol. The molecule has 0 unspecified atom stereocenters. The number of carbonyl (C=O) groups is 2. The van der Waals surface area contributed by atoms with Gasteiger partial charge in [0.1, 0.15) is 5.88 Å². The summed E-state index contributed by atoms with van der Waals surface area (Å²) in [5.74, 6) is -0.687. The SMILES string of the molecule is O=C(CCl)NCC(=O)NCCc1cc[nH]c1. The Morgan fingerprint density at radius 1 is 1.31 bits per heavy atom. The van der Waals surface area contributed by atoms with Crippen molar-refractivity contribution in [2.75, 3.05) is 19.0 Å². The summed E-state index contributed by atoms with van der Waals surface area (Å²) < 4.78 is 0. The van der Waals surface area contributed by atoms with E-state index in [1.165, 1.54) is 0 Å². The maximum absolute atomic E-state index is 11.2. The van der Waals surface area contributed by atoms with Crippen LogP contribution in [0.4, 0.5) is 0 Å². The average molecular weight is 244 g/mol. The Labute approximate surface area is 98.6 Å². The van der Waals surface area contributed by atoms with E-state index < -0.39 is 0 Å². The van der Waals surface area contributed by atoms with Gasteiger partial charge >= 0.3 is 0 Å². The van der Waals surface area contributed by atoms with E-state index in [-0.39, 0.29) is 24.2 Å². The highest BCUT2D eigenvalue weighted by Crippen LogP contribution is 1.95. The first-order valence-electron chi connectivity index (χ1n) is 4.93. The predicted molar refractivity (Wildman–Crippen MR) is 61.2 cm³/mol. The van der Waals surface area contributed by atoms with Gasteiger partial charge < -0.3 is 15.6 Å². The molecular weight excluding hydrogens is 230 g/mol. The van der Waals surface area contributed by atoms with Gasteiger partial charge in [0.05, 0.1) is 6.54 Å². The Morgan fingerprint density at radius 3 is 2.75 bits per heavy atom. The number of H-pyrrole nitrogens is 1. The molecule has 5 nitrogen and oxygen atoms in total. The van der Waals surface area contributed by atoms with Crippen molar-refractivity contribution in [2.24, 2.45) is 0 Å². The van der Waals surface area contributed by atoms with Crippen LogP contribution in [-0.2, 0) is 16.0 Å². The van der Waals surface area contributed by atoms with Crippen LogP contribution < -0.4 is 10.6 Å². The largest absolute Gasteiger partial charge is 0.367 e. The van der Waals surface area contributed by atoms with E-state index >= 15 is 0 Å². The van der Waals surface area contributed by atoms with E-state index in [1.807, 2.05) is 18.5 Å². The Morgan fingerprint density at radius 2 is 2.12 bits per heavy atom. The minimum absolute atomic E-state index is 0.0291. The number of carbonyl (C=O) groups excluding carboxylic acids is 2. The molecule has 0 bridgehead atoms. The lowest BCUT2D eigenvalue weighted by molar-refractivity contribution is -0.124. The highest BCUT2D eigenvalue weighted by atomic mass is 35.5. The summed E-state index contributed by atoms with van der Waals surface area (Å²) in [4.78, 5) is 24.9. The minimum Gasteiger partial charge on any atom is -0.367 e. The van der Waals surface area contributed by atoms with Crippen LogP contribution in [0.3, 0.4) is 0 Å². The zero-order valence-corrected chi connectivity index (χ0v) is 9.51. The van der Waals surface area contributed by atoms with Crippen LogP contribution in [0.15, 0.2) is 18.5 Å². The molecule has 6 heteroatoms. The summed E-state index contributed by atoms with van der Waals surface area (Å²) in [6, 6.07) is 1.95. The molecule has 0 saturated heterocycles. The van der Waals surface area contributed by atoms with Gasteiger partial charge in [0, 0.05) is 18.9 Å². The lowest BCUT2D eigenvalue weighted by atomic mass is 10.2. The Balaban J connectivity index is 2.09. The highest BCUT2D eigenvalue weighted by Gasteiger charge is 2.03. The molecule has 0 radical (unpaired) electrons. The van der Waals surface area contributed by atoms with Gasteiger partial charge in [0.2, 0.25) is 11.8 Å². The van der Waals surface area contributed by atoms with Crippen LogP contribution in [0, 0.1) is 0 Å². The quantitative estimate of drug-likeness (QED) is 0.617. The van der Waals surface area contributed by atoms with Crippen molar-refractivity contribution in [2.45, 2.75) is 6.42 Å². The smallest absolute Gasteiger partial charge is 0.239 e. The second kappa shape index (κ2) is 6.90. The van der Waals surface area contributed by atoms with Crippen molar-refractivity contribution in [1.29, 1.82) is 0 Å². The van der Waals surface area contributed by atoms with Gasteiger partial charge in [-0.05, 0) is 18.1 Å². The summed E-state index contributed by atoms with van der Waals surface area (Å²) in [5, 5.41) is 5.08. The van der Waals surface area contributed by atoms with Crippen LogP contribution in [-0.4, -0.2) is 35.8 Å². The number of alkyl halides is 1. The van der Waals surface area contributed by atoms with E-state index in [0.717, 1.165) is 12.0 Å². The fourth-order valence-corrected chi connectivity index (χ4v) is 1.24. The van der Waals surface area contributed by atoms with Crippen molar-refractivity contribution >= 4 is 23.4 Å². The number of hydrogen-bond donors (Lipinski definition) is 3. The summed E-state index contributed by atoms with van der Waals surface area (Å²) in [7, 11) is 0. The van der Waals surface area contributed by atoms with Crippen molar-refractivity contribution in [3.8, 4) is 0 Å². The maximum atomic E-state index is 11.2. The number of amides is 2. The number of aromatic amines is 1. The zero-order chi connectivity index (χ0) is 11.8. The molecule has 1 aromatic heterocycles. The van der Waals surface area contributed by atoms with E-state index in [0.29, 0.717) is 6.54 Å². The average Bonchev–Trinajstić information content (AvgIpc) is 2.79. The van der Waals surface area contributed by atoms with Gasteiger partial charge in [0.15, 0.2) is 0 Å².